The van der Waals surface area contributed by atoms with Gasteiger partial charge in [0.15, 0.2) is 0 Å². The molecule has 0 saturated heterocycles. The summed E-state index contributed by atoms with van der Waals surface area (Å²) < 4.78 is 0. The van der Waals surface area contributed by atoms with Gasteiger partial charge in [0.2, 0.25) is 5.91 Å². The summed E-state index contributed by atoms with van der Waals surface area (Å²) >= 11 is 3.23. The molecule has 3 rings (SSSR count). The number of carbonyl (C=O) groups excluding carboxylic acids is 2. The standard InChI is InChI=1S/C20H24N2O2S2/c1-13-8-9-15-16(12-13)26-20(18(15)19(24)21-2)22-17(23)10-11-25-14-6-4-3-5-7-14/h3-7,13H,8-12H2,1-2H3,(H,21,24)(H,22,23)/t13-/m1/s1. The molecular formula is C20H24N2O2S2. The molecule has 4 nitrogen and oxygen atoms in total. The second-order valence-corrected chi connectivity index (χ2v) is 8.87. The normalized spacial score (nSPS) is 16.0. The number of nitrogens with one attached hydrogen (secondary N) is 2. The van der Waals surface area contributed by atoms with E-state index in [4.69, 9.17) is 0 Å². The summed E-state index contributed by atoms with van der Waals surface area (Å²) in [6, 6.07) is 10.1. The quantitative estimate of drug-likeness (QED) is 0.723. The van der Waals surface area contributed by atoms with E-state index in [2.05, 4.69) is 17.6 Å². The van der Waals surface area contributed by atoms with E-state index in [0.717, 1.165) is 29.7 Å². The maximum Gasteiger partial charge on any atom is 0.254 e. The Morgan fingerprint density at radius 2 is 2.04 bits per heavy atom. The second kappa shape index (κ2) is 8.73. The van der Waals surface area contributed by atoms with Crippen LogP contribution in [0, 0.1) is 5.92 Å². The van der Waals surface area contributed by atoms with Gasteiger partial charge in [0.05, 0.1) is 5.56 Å². The molecule has 6 heteroatoms. The first kappa shape index (κ1) is 19.0. The van der Waals surface area contributed by atoms with Crippen LogP contribution in [0.3, 0.4) is 0 Å². The highest BCUT2D eigenvalue weighted by Gasteiger charge is 2.27. The molecule has 2 aromatic rings. The molecule has 26 heavy (non-hydrogen) atoms. The van der Waals surface area contributed by atoms with Crippen molar-refractivity contribution in [2.45, 2.75) is 37.5 Å². The zero-order chi connectivity index (χ0) is 18.5. The third-order valence-corrected chi connectivity index (χ3v) is 6.74. The van der Waals surface area contributed by atoms with Gasteiger partial charge in [-0.25, -0.2) is 0 Å². The predicted octanol–water partition coefficient (Wildman–Crippen LogP) is 4.35. The summed E-state index contributed by atoms with van der Waals surface area (Å²) in [5.74, 6) is 1.20. The van der Waals surface area contributed by atoms with Crippen molar-refractivity contribution in [3.63, 3.8) is 0 Å². The summed E-state index contributed by atoms with van der Waals surface area (Å²) in [5, 5.41) is 6.42. The molecular weight excluding hydrogens is 364 g/mol. The molecule has 1 aliphatic carbocycles. The van der Waals surface area contributed by atoms with Crippen LogP contribution in [-0.4, -0.2) is 24.6 Å². The molecule has 0 unspecified atom stereocenters. The number of hydrogen-bond acceptors (Lipinski definition) is 4. The van der Waals surface area contributed by atoms with Gasteiger partial charge in [0.25, 0.3) is 5.91 Å². The SMILES string of the molecule is CNC(=O)c1c(NC(=O)CCSc2ccccc2)sc2c1CC[C@@H](C)C2. The number of anilines is 1. The topological polar surface area (TPSA) is 58.2 Å². The van der Waals surface area contributed by atoms with Crippen LogP contribution in [-0.2, 0) is 17.6 Å². The fourth-order valence-corrected chi connectivity index (χ4v) is 5.47. The molecule has 0 spiro atoms. The Kier molecular flexibility index (Phi) is 6.38. The van der Waals surface area contributed by atoms with Gasteiger partial charge < -0.3 is 10.6 Å². The van der Waals surface area contributed by atoms with Crippen molar-refractivity contribution >= 4 is 39.9 Å². The Balaban J connectivity index is 1.66. The van der Waals surface area contributed by atoms with Crippen molar-refractivity contribution in [3.05, 3.63) is 46.3 Å². The fourth-order valence-electron chi connectivity index (χ4n) is 3.17. The number of hydrogen-bond donors (Lipinski definition) is 2. The predicted molar refractivity (Wildman–Crippen MR) is 109 cm³/mol. The van der Waals surface area contributed by atoms with Crippen LogP contribution in [0.25, 0.3) is 0 Å². The van der Waals surface area contributed by atoms with Crippen molar-refractivity contribution in [2.24, 2.45) is 5.92 Å². The van der Waals surface area contributed by atoms with E-state index in [1.54, 1.807) is 30.1 Å². The van der Waals surface area contributed by atoms with Crippen molar-refractivity contribution in [1.29, 1.82) is 0 Å². The Bertz CT molecular complexity index is 787. The number of thiophene rings is 1. The van der Waals surface area contributed by atoms with E-state index in [-0.39, 0.29) is 11.8 Å². The van der Waals surface area contributed by atoms with Crippen LogP contribution >= 0.6 is 23.1 Å². The minimum absolute atomic E-state index is 0.0368. The van der Waals surface area contributed by atoms with Crippen LogP contribution in [0.15, 0.2) is 35.2 Å². The second-order valence-electron chi connectivity index (χ2n) is 6.59. The van der Waals surface area contributed by atoms with Crippen LogP contribution in [0.2, 0.25) is 0 Å². The lowest BCUT2D eigenvalue weighted by molar-refractivity contribution is -0.115. The van der Waals surface area contributed by atoms with Gasteiger partial charge in [-0.05, 0) is 42.9 Å². The smallest absolute Gasteiger partial charge is 0.254 e. The zero-order valence-corrected chi connectivity index (χ0v) is 16.8. The first-order chi connectivity index (χ1) is 12.6. The van der Waals surface area contributed by atoms with E-state index in [1.165, 1.54) is 4.88 Å². The summed E-state index contributed by atoms with van der Waals surface area (Å²) in [7, 11) is 1.64. The fraction of sp³-hybridized carbons (Fsp3) is 0.400. The molecule has 138 valence electrons. The van der Waals surface area contributed by atoms with E-state index in [9.17, 15) is 9.59 Å². The Labute approximate surface area is 162 Å². The minimum Gasteiger partial charge on any atom is -0.355 e. The van der Waals surface area contributed by atoms with Crippen molar-refractivity contribution in [1.82, 2.24) is 5.32 Å². The van der Waals surface area contributed by atoms with Gasteiger partial charge in [-0.3, -0.25) is 9.59 Å². The molecule has 0 saturated carbocycles. The molecule has 0 bridgehead atoms. The van der Waals surface area contributed by atoms with E-state index in [1.807, 2.05) is 30.3 Å². The van der Waals surface area contributed by atoms with Crippen molar-refractivity contribution in [3.8, 4) is 0 Å². The van der Waals surface area contributed by atoms with Crippen LogP contribution in [0.1, 0.15) is 40.6 Å². The van der Waals surface area contributed by atoms with Gasteiger partial charge >= 0.3 is 0 Å². The van der Waals surface area contributed by atoms with E-state index in [0.29, 0.717) is 28.7 Å². The monoisotopic (exact) mass is 388 g/mol. The van der Waals surface area contributed by atoms with Crippen LogP contribution in [0.5, 0.6) is 0 Å². The molecule has 1 atom stereocenters. The summed E-state index contributed by atoms with van der Waals surface area (Å²) in [4.78, 5) is 27.2. The number of thioether (sulfide) groups is 1. The van der Waals surface area contributed by atoms with Crippen LogP contribution in [0.4, 0.5) is 5.00 Å². The van der Waals surface area contributed by atoms with Crippen molar-refractivity contribution < 1.29 is 9.59 Å². The number of fused-ring (bicyclic) bond motifs is 1. The minimum atomic E-state index is -0.106. The summed E-state index contributed by atoms with van der Waals surface area (Å²) in [5.41, 5.74) is 1.80. The molecule has 1 aromatic carbocycles. The Morgan fingerprint density at radius 3 is 2.77 bits per heavy atom. The van der Waals surface area contributed by atoms with Gasteiger partial charge in [-0.2, -0.15) is 0 Å². The lowest BCUT2D eigenvalue weighted by Crippen LogP contribution is -2.22. The van der Waals surface area contributed by atoms with Gasteiger partial charge in [-0.1, -0.05) is 25.1 Å². The molecule has 0 radical (unpaired) electrons. The number of benzene rings is 1. The number of carbonyl (C=O) groups is 2. The third-order valence-electron chi connectivity index (χ3n) is 4.56. The average Bonchev–Trinajstić information content (AvgIpc) is 2.98. The molecule has 1 aromatic heterocycles. The largest absolute Gasteiger partial charge is 0.355 e. The highest BCUT2D eigenvalue weighted by molar-refractivity contribution is 7.99. The Hall–Kier alpha value is -1.79. The van der Waals surface area contributed by atoms with E-state index >= 15 is 0 Å². The third kappa shape index (κ3) is 4.48. The van der Waals surface area contributed by atoms with Crippen LogP contribution < -0.4 is 10.6 Å². The molecule has 2 amide bonds. The maximum absolute atomic E-state index is 12.4. The highest BCUT2D eigenvalue weighted by atomic mass is 32.2. The molecule has 0 aliphatic heterocycles. The summed E-state index contributed by atoms with van der Waals surface area (Å²) in [6.07, 6.45) is 3.42. The summed E-state index contributed by atoms with van der Waals surface area (Å²) in [6.45, 7) is 2.24. The average molecular weight is 389 g/mol. The molecule has 2 N–H and O–H groups in total. The maximum atomic E-state index is 12.4. The number of amides is 2. The Morgan fingerprint density at radius 1 is 1.27 bits per heavy atom. The first-order valence-electron chi connectivity index (χ1n) is 8.92. The highest BCUT2D eigenvalue weighted by Crippen LogP contribution is 2.39. The van der Waals surface area contributed by atoms with Gasteiger partial charge in [-0.15, -0.1) is 23.1 Å². The molecule has 0 fully saturated rings. The lowest BCUT2D eigenvalue weighted by Gasteiger charge is -2.18. The van der Waals surface area contributed by atoms with E-state index < -0.39 is 0 Å². The van der Waals surface area contributed by atoms with Gasteiger partial charge in [0, 0.05) is 29.0 Å². The first-order valence-corrected chi connectivity index (χ1v) is 10.7. The zero-order valence-electron chi connectivity index (χ0n) is 15.1. The van der Waals surface area contributed by atoms with Crippen molar-refractivity contribution in [2.75, 3.05) is 18.1 Å². The molecule has 1 aliphatic rings. The number of rotatable bonds is 6. The molecule has 1 heterocycles. The van der Waals surface area contributed by atoms with Gasteiger partial charge in [0.1, 0.15) is 5.00 Å². The lowest BCUT2D eigenvalue weighted by atomic mass is 9.88.